The van der Waals surface area contributed by atoms with Gasteiger partial charge in [-0.15, -0.1) is 10.2 Å². The van der Waals surface area contributed by atoms with E-state index in [-0.39, 0.29) is 29.0 Å². The molecule has 8 nitrogen and oxygen atoms in total. The van der Waals surface area contributed by atoms with E-state index in [2.05, 4.69) is 21.6 Å². The molecule has 1 atom stereocenters. The van der Waals surface area contributed by atoms with Crippen LogP contribution in [-0.4, -0.2) is 21.9 Å². The number of nitrogens with zero attached hydrogens (tertiary/aromatic N) is 4. The summed E-state index contributed by atoms with van der Waals surface area (Å²) in [4.78, 5) is 29.4. The number of thioether (sulfide) groups is 1. The zero-order valence-corrected chi connectivity index (χ0v) is 23.5. The van der Waals surface area contributed by atoms with E-state index >= 15 is 0 Å². The fourth-order valence-electron chi connectivity index (χ4n) is 5.67. The first-order chi connectivity index (χ1) is 18.7. The van der Waals surface area contributed by atoms with Gasteiger partial charge in [-0.1, -0.05) is 78.9 Å². The topological polar surface area (TPSA) is 125 Å². The molecule has 0 unspecified atom stereocenters. The van der Waals surface area contributed by atoms with Crippen molar-refractivity contribution in [1.82, 2.24) is 10.2 Å². The summed E-state index contributed by atoms with van der Waals surface area (Å²) < 4.78 is 0.707. The number of hydrogen-bond donors (Lipinski definition) is 2. The van der Waals surface area contributed by atoms with E-state index in [1.54, 1.807) is 29.2 Å². The largest absolute Gasteiger partial charge is 0.384 e. The first-order valence-electron chi connectivity index (χ1n) is 12.2. The maximum absolute atomic E-state index is 13.9. The van der Waals surface area contributed by atoms with Gasteiger partial charge in [-0.05, 0) is 35.6 Å². The average molecular weight is 575 g/mol. The van der Waals surface area contributed by atoms with Crippen LogP contribution >= 0.6 is 34.7 Å². The summed E-state index contributed by atoms with van der Waals surface area (Å²) in [6.07, 6.45) is 0.714. The van der Waals surface area contributed by atoms with Gasteiger partial charge < -0.3 is 11.1 Å². The minimum absolute atomic E-state index is 0.0160. The van der Waals surface area contributed by atoms with Crippen LogP contribution in [-0.2, 0) is 20.8 Å². The molecule has 0 saturated heterocycles. The predicted molar refractivity (Wildman–Crippen MR) is 152 cm³/mol. The van der Waals surface area contributed by atoms with E-state index in [0.717, 1.165) is 5.56 Å². The van der Waals surface area contributed by atoms with Crippen LogP contribution in [0.5, 0.6) is 0 Å². The molecule has 2 aromatic carbocycles. The number of aromatic nitrogens is 2. The second kappa shape index (κ2) is 9.23. The number of halogens is 1. The number of ketones is 1. The molecule has 1 aromatic heterocycles. The Balaban J connectivity index is 1.48. The number of nitrogens with one attached hydrogen (secondary N) is 1. The number of allylic oxidation sites excluding steroid dienone is 1. The van der Waals surface area contributed by atoms with Crippen LogP contribution in [0.15, 0.2) is 75.5 Å². The maximum atomic E-state index is 13.9. The summed E-state index contributed by atoms with van der Waals surface area (Å²) in [6.45, 7) is 4.02. The highest BCUT2D eigenvalue weighted by atomic mass is 35.5. The smallest absolute Gasteiger partial charge is 0.245 e. The van der Waals surface area contributed by atoms with Gasteiger partial charge in [0.15, 0.2) is 10.1 Å². The van der Waals surface area contributed by atoms with Crippen LogP contribution in [0.3, 0.4) is 0 Å². The first-order valence-corrected chi connectivity index (χ1v) is 14.4. The second-order valence-electron chi connectivity index (χ2n) is 10.5. The number of carbonyl (C=O) groups is 2. The number of nitrogens with two attached hydrogens (primary N) is 1. The minimum Gasteiger partial charge on any atom is -0.384 e. The Bertz CT molecular complexity index is 1650. The molecule has 3 aliphatic rings. The molecule has 11 heteroatoms. The standard InChI is InChI=1S/C28H23ClN6O2S2/c1-27(2)11-20-22(21(36)12-27)28(17-5-3-4-6-19(17)32-24(28)37)18(13-30)23(31)35(20)25-33-34-26(39-25)38-14-15-7-9-16(29)10-8-15/h3-10H,11-12,14,31H2,1-2H3,(H,32,37)/t28-/m1/s1. The highest BCUT2D eigenvalue weighted by molar-refractivity contribution is 8.00. The van der Waals surface area contributed by atoms with Crippen molar-refractivity contribution in [2.24, 2.45) is 11.1 Å². The Morgan fingerprint density at radius 1 is 1.15 bits per heavy atom. The van der Waals surface area contributed by atoms with Gasteiger partial charge >= 0.3 is 0 Å². The highest BCUT2D eigenvalue weighted by Gasteiger charge is 2.61. The molecule has 0 bridgehead atoms. The number of rotatable bonds is 4. The van der Waals surface area contributed by atoms with Gasteiger partial charge in [-0.25, -0.2) is 0 Å². The molecular weight excluding hydrogens is 552 g/mol. The van der Waals surface area contributed by atoms with Crippen molar-refractivity contribution in [2.75, 3.05) is 10.2 Å². The second-order valence-corrected chi connectivity index (χ2v) is 13.1. The third kappa shape index (κ3) is 3.95. The van der Waals surface area contributed by atoms with Crippen molar-refractivity contribution in [1.29, 1.82) is 5.26 Å². The van der Waals surface area contributed by atoms with E-state index in [4.69, 9.17) is 17.3 Å². The summed E-state index contributed by atoms with van der Waals surface area (Å²) in [6, 6.07) is 16.9. The van der Waals surface area contributed by atoms with E-state index in [1.165, 1.54) is 23.1 Å². The number of amides is 1. The minimum atomic E-state index is -1.61. The number of carbonyl (C=O) groups excluding carboxylic acids is 2. The van der Waals surface area contributed by atoms with E-state index < -0.39 is 11.3 Å². The molecule has 3 aromatic rings. The summed E-state index contributed by atoms with van der Waals surface area (Å²) in [5, 5.41) is 23.2. The molecule has 39 heavy (non-hydrogen) atoms. The molecule has 0 fully saturated rings. The summed E-state index contributed by atoms with van der Waals surface area (Å²) in [5.74, 6) is 0.124. The monoisotopic (exact) mass is 574 g/mol. The molecule has 3 N–H and O–H groups in total. The summed E-state index contributed by atoms with van der Waals surface area (Å²) in [7, 11) is 0. The van der Waals surface area contributed by atoms with Gasteiger partial charge in [0, 0.05) is 39.7 Å². The molecule has 6 rings (SSSR count). The van der Waals surface area contributed by atoms with E-state index in [0.29, 0.717) is 49.2 Å². The zero-order chi connectivity index (χ0) is 27.5. The number of para-hydroxylation sites is 1. The lowest BCUT2D eigenvalue weighted by Crippen LogP contribution is -2.52. The van der Waals surface area contributed by atoms with Crippen molar-refractivity contribution >= 4 is 57.2 Å². The number of Topliss-reactive ketones (excluding diaryl/α,β-unsaturated/α-hetero) is 1. The SMILES string of the molecule is CC1(C)CC(=O)C2=C(C1)N(c1nnc(SCc3ccc(Cl)cc3)s1)C(N)=C(C#N)[C@@]21C(=O)Nc2ccccc21. The third-order valence-electron chi connectivity index (χ3n) is 7.26. The van der Waals surface area contributed by atoms with Crippen molar-refractivity contribution in [3.8, 4) is 6.07 Å². The predicted octanol–water partition coefficient (Wildman–Crippen LogP) is 5.53. The maximum Gasteiger partial charge on any atom is 0.245 e. The summed E-state index contributed by atoms with van der Waals surface area (Å²) >= 11 is 8.84. The molecule has 1 spiro atoms. The quantitative estimate of drug-likeness (QED) is 0.390. The van der Waals surface area contributed by atoms with Crippen LogP contribution in [0, 0.1) is 16.7 Å². The Morgan fingerprint density at radius 3 is 2.64 bits per heavy atom. The Labute approximate surface area is 238 Å². The van der Waals surface area contributed by atoms with Gasteiger partial charge in [0.05, 0.1) is 5.57 Å². The molecule has 1 aliphatic carbocycles. The van der Waals surface area contributed by atoms with Gasteiger partial charge in [-0.2, -0.15) is 5.26 Å². The van der Waals surface area contributed by atoms with Crippen LogP contribution in [0.25, 0.3) is 0 Å². The number of hydrogen-bond acceptors (Lipinski definition) is 9. The lowest BCUT2D eigenvalue weighted by Gasteiger charge is -2.45. The number of anilines is 2. The lowest BCUT2D eigenvalue weighted by molar-refractivity contribution is -0.123. The zero-order valence-electron chi connectivity index (χ0n) is 21.1. The first kappa shape index (κ1) is 25.6. The Kier molecular flexibility index (Phi) is 6.06. The Morgan fingerprint density at radius 2 is 1.90 bits per heavy atom. The number of fused-ring (bicyclic) bond motifs is 3. The van der Waals surface area contributed by atoms with Crippen molar-refractivity contribution in [3.05, 3.63) is 87.3 Å². The van der Waals surface area contributed by atoms with E-state index in [9.17, 15) is 14.9 Å². The van der Waals surface area contributed by atoms with Gasteiger partial charge in [0.2, 0.25) is 11.0 Å². The number of nitriles is 1. The number of benzene rings is 2. The lowest BCUT2D eigenvalue weighted by atomic mass is 9.61. The molecule has 0 saturated carbocycles. The normalized spacial score (nSPS) is 21.6. The van der Waals surface area contributed by atoms with Crippen molar-refractivity contribution < 1.29 is 9.59 Å². The third-order valence-corrected chi connectivity index (χ3v) is 9.63. The van der Waals surface area contributed by atoms with Crippen LogP contribution in [0.1, 0.15) is 37.8 Å². The van der Waals surface area contributed by atoms with Gasteiger partial charge in [-0.3, -0.25) is 14.5 Å². The fraction of sp³-hybridized carbons (Fsp3) is 0.250. The van der Waals surface area contributed by atoms with Crippen LogP contribution in [0.2, 0.25) is 5.02 Å². The molecule has 0 radical (unpaired) electrons. The van der Waals surface area contributed by atoms with Gasteiger partial charge in [0.25, 0.3) is 0 Å². The fourth-order valence-corrected chi connectivity index (χ4v) is 7.63. The van der Waals surface area contributed by atoms with Crippen LogP contribution in [0.4, 0.5) is 10.8 Å². The molecule has 3 heterocycles. The molecule has 2 aliphatic heterocycles. The Hall–Kier alpha value is -3.65. The molecule has 1 amide bonds. The van der Waals surface area contributed by atoms with Gasteiger partial charge in [0.1, 0.15) is 17.3 Å². The van der Waals surface area contributed by atoms with E-state index in [1.807, 2.05) is 38.1 Å². The van der Waals surface area contributed by atoms with Crippen molar-refractivity contribution in [2.45, 2.75) is 42.2 Å². The highest BCUT2D eigenvalue weighted by Crippen LogP contribution is 2.57. The summed E-state index contributed by atoms with van der Waals surface area (Å²) in [5.41, 5.74) is 7.87. The average Bonchev–Trinajstić information content (AvgIpc) is 3.46. The van der Waals surface area contributed by atoms with Crippen molar-refractivity contribution in [3.63, 3.8) is 0 Å². The molecule has 196 valence electrons. The van der Waals surface area contributed by atoms with Crippen LogP contribution < -0.4 is 16.0 Å². The molecular formula is C28H23ClN6O2S2.